The lowest BCUT2D eigenvalue weighted by Gasteiger charge is -2.09. The molecule has 4 heteroatoms. The highest BCUT2D eigenvalue weighted by molar-refractivity contribution is 9.10. The molecule has 0 N–H and O–H groups in total. The highest BCUT2D eigenvalue weighted by atomic mass is 79.9. The van der Waals surface area contributed by atoms with Crippen LogP contribution >= 0.6 is 15.9 Å². The summed E-state index contributed by atoms with van der Waals surface area (Å²) in [4.78, 5) is 11.5. The van der Waals surface area contributed by atoms with Gasteiger partial charge in [0, 0.05) is 6.42 Å². The minimum atomic E-state index is -0.487. The largest absolute Gasteiger partial charge is 0.477 e. The number of carbonyl (C=O) groups excluding carboxylic acids is 1. The Labute approximate surface area is 96.5 Å². The van der Waals surface area contributed by atoms with Crippen LogP contribution in [0.5, 0.6) is 5.75 Å². The Balaban J connectivity index is 2.15. The van der Waals surface area contributed by atoms with E-state index in [2.05, 4.69) is 15.9 Å². The van der Waals surface area contributed by atoms with Crippen molar-refractivity contribution in [1.82, 2.24) is 0 Å². The van der Waals surface area contributed by atoms with E-state index in [1.54, 1.807) is 6.92 Å². The smallest absolute Gasteiger partial charge is 0.347 e. The summed E-state index contributed by atoms with van der Waals surface area (Å²) in [6.07, 6.45) is 0.104. The molecule has 0 bridgehead atoms. The number of para-hydroxylation sites is 1. The standard InChI is InChI=1S/C11H11BrO3/c1-2-14-11(13)9-6-7-4-3-5-8(12)10(7)15-9/h3-5,9H,2,6H2,1H3/t9-/m0/s1. The molecule has 0 saturated carbocycles. The number of ether oxygens (including phenoxy) is 2. The molecule has 0 spiro atoms. The highest BCUT2D eigenvalue weighted by Crippen LogP contribution is 2.36. The molecule has 1 aromatic carbocycles. The average Bonchev–Trinajstić information content (AvgIpc) is 2.63. The van der Waals surface area contributed by atoms with Crippen molar-refractivity contribution in [1.29, 1.82) is 0 Å². The first-order chi connectivity index (χ1) is 7.22. The second-order valence-electron chi connectivity index (χ2n) is 3.29. The Morgan fingerprint density at radius 1 is 1.67 bits per heavy atom. The molecule has 15 heavy (non-hydrogen) atoms. The fourth-order valence-corrected chi connectivity index (χ4v) is 2.10. The van der Waals surface area contributed by atoms with Crippen LogP contribution in [0.2, 0.25) is 0 Å². The zero-order valence-electron chi connectivity index (χ0n) is 8.33. The average molecular weight is 271 g/mol. The molecule has 1 aromatic rings. The second kappa shape index (κ2) is 4.23. The van der Waals surface area contributed by atoms with Gasteiger partial charge in [-0.05, 0) is 34.5 Å². The number of hydrogen-bond acceptors (Lipinski definition) is 3. The number of benzene rings is 1. The zero-order valence-corrected chi connectivity index (χ0v) is 9.91. The van der Waals surface area contributed by atoms with Crippen molar-refractivity contribution in [2.75, 3.05) is 6.61 Å². The van der Waals surface area contributed by atoms with Crippen LogP contribution in [0.15, 0.2) is 22.7 Å². The van der Waals surface area contributed by atoms with Crippen molar-refractivity contribution in [3.8, 4) is 5.75 Å². The molecule has 1 aliphatic rings. The summed E-state index contributed by atoms with van der Waals surface area (Å²) in [7, 11) is 0. The maximum Gasteiger partial charge on any atom is 0.347 e. The Morgan fingerprint density at radius 2 is 2.47 bits per heavy atom. The van der Waals surface area contributed by atoms with Crippen molar-refractivity contribution < 1.29 is 14.3 Å². The van der Waals surface area contributed by atoms with Gasteiger partial charge in [-0.1, -0.05) is 12.1 Å². The third-order valence-corrected chi connectivity index (χ3v) is 2.89. The monoisotopic (exact) mass is 270 g/mol. The van der Waals surface area contributed by atoms with Gasteiger partial charge in [-0.25, -0.2) is 4.79 Å². The topological polar surface area (TPSA) is 35.5 Å². The van der Waals surface area contributed by atoms with Crippen LogP contribution in [0.1, 0.15) is 12.5 Å². The van der Waals surface area contributed by atoms with E-state index in [9.17, 15) is 4.79 Å². The summed E-state index contributed by atoms with van der Waals surface area (Å²) in [6, 6.07) is 5.78. The molecule has 1 atom stereocenters. The third-order valence-electron chi connectivity index (χ3n) is 2.26. The fourth-order valence-electron chi connectivity index (χ4n) is 1.60. The van der Waals surface area contributed by atoms with E-state index in [4.69, 9.17) is 9.47 Å². The molecule has 0 aromatic heterocycles. The summed E-state index contributed by atoms with van der Waals surface area (Å²) in [5.41, 5.74) is 1.04. The van der Waals surface area contributed by atoms with E-state index in [-0.39, 0.29) is 5.97 Å². The number of rotatable bonds is 2. The first kappa shape index (κ1) is 10.5. The van der Waals surface area contributed by atoms with Crippen LogP contribution in [0.25, 0.3) is 0 Å². The van der Waals surface area contributed by atoms with Gasteiger partial charge in [0.2, 0.25) is 0 Å². The Kier molecular flexibility index (Phi) is 2.95. The molecule has 3 nitrogen and oxygen atoms in total. The van der Waals surface area contributed by atoms with E-state index in [1.165, 1.54) is 0 Å². The van der Waals surface area contributed by atoms with Crippen LogP contribution in [-0.2, 0) is 16.0 Å². The van der Waals surface area contributed by atoms with Crippen molar-refractivity contribution in [3.63, 3.8) is 0 Å². The highest BCUT2D eigenvalue weighted by Gasteiger charge is 2.31. The molecule has 0 unspecified atom stereocenters. The van der Waals surface area contributed by atoms with E-state index in [0.29, 0.717) is 13.0 Å². The minimum absolute atomic E-state index is 0.291. The Bertz CT molecular complexity index is 389. The molecule has 0 aliphatic carbocycles. The van der Waals surface area contributed by atoms with Gasteiger partial charge in [0.1, 0.15) is 5.75 Å². The third kappa shape index (κ3) is 2.00. The summed E-state index contributed by atoms with van der Waals surface area (Å²) < 4.78 is 11.3. The number of fused-ring (bicyclic) bond motifs is 1. The normalized spacial score (nSPS) is 18.1. The molecular weight excluding hydrogens is 260 g/mol. The van der Waals surface area contributed by atoms with Gasteiger partial charge in [-0.2, -0.15) is 0 Å². The molecule has 1 heterocycles. The maximum atomic E-state index is 11.5. The Hall–Kier alpha value is -1.03. The van der Waals surface area contributed by atoms with Crippen LogP contribution in [0, 0.1) is 0 Å². The Morgan fingerprint density at radius 3 is 3.13 bits per heavy atom. The van der Waals surface area contributed by atoms with Crippen LogP contribution in [0.4, 0.5) is 0 Å². The van der Waals surface area contributed by atoms with Crippen molar-refractivity contribution in [3.05, 3.63) is 28.2 Å². The number of hydrogen-bond donors (Lipinski definition) is 0. The van der Waals surface area contributed by atoms with Crippen molar-refractivity contribution in [2.24, 2.45) is 0 Å². The van der Waals surface area contributed by atoms with Gasteiger partial charge in [0.05, 0.1) is 11.1 Å². The SMILES string of the molecule is CCOC(=O)[C@@H]1Cc2cccc(Br)c2O1. The minimum Gasteiger partial charge on any atom is -0.477 e. The predicted octanol–water partition coefficient (Wildman–Crippen LogP) is 2.32. The van der Waals surface area contributed by atoms with E-state index in [1.807, 2.05) is 18.2 Å². The van der Waals surface area contributed by atoms with Gasteiger partial charge in [0.25, 0.3) is 0 Å². The summed E-state index contributed by atoms with van der Waals surface area (Å²) in [5, 5.41) is 0. The lowest BCUT2D eigenvalue weighted by molar-refractivity contribution is -0.150. The van der Waals surface area contributed by atoms with E-state index < -0.39 is 6.10 Å². The van der Waals surface area contributed by atoms with Gasteiger partial charge < -0.3 is 9.47 Å². The molecule has 80 valence electrons. The van der Waals surface area contributed by atoms with Gasteiger partial charge in [-0.15, -0.1) is 0 Å². The molecule has 2 rings (SSSR count). The molecule has 0 radical (unpaired) electrons. The first-order valence-corrected chi connectivity index (χ1v) is 5.62. The van der Waals surface area contributed by atoms with Crippen LogP contribution in [0.3, 0.4) is 0 Å². The first-order valence-electron chi connectivity index (χ1n) is 4.83. The number of esters is 1. The van der Waals surface area contributed by atoms with E-state index >= 15 is 0 Å². The predicted molar refractivity (Wildman–Crippen MR) is 58.9 cm³/mol. The van der Waals surface area contributed by atoms with Gasteiger partial charge in [0.15, 0.2) is 6.10 Å². The fraction of sp³-hybridized carbons (Fsp3) is 0.364. The second-order valence-corrected chi connectivity index (χ2v) is 4.15. The van der Waals surface area contributed by atoms with Gasteiger partial charge in [-0.3, -0.25) is 0 Å². The quantitative estimate of drug-likeness (QED) is 0.774. The maximum absolute atomic E-state index is 11.5. The number of halogens is 1. The molecule has 0 amide bonds. The van der Waals surface area contributed by atoms with E-state index in [0.717, 1.165) is 15.8 Å². The van der Waals surface area contributed by atoms with Crippen LogP contribution < -0.4 is 4.74 Å². The molecule has 1 aliphatic heterocycles. The van der Waals surface area contributed by atoms with Crippen molar-refractivity contribution >= 4 is 21.9 Å². The van der Waals surface area contributed by atoms with Crippen molar-refractivity contribution in [2.45, 2.75) is 19.4 Å². The lowest BCUT2D eigenvalue weighted by atomic mass is 10.1. The number of carbonyl (C=O) groups is 1. The summed E-state index contributed by atoms with van der Waals surface area (Å²) in [5.74, 6) is 0.469. The summed E-state index contributed by atoms with van der Waals surface area (Å²) in [6.45, 7) is 2.17. The molecular formula is C11H11BrO3. The zero-order chi connectivity index (χ0) is 10.8. The van der Waals surface area contributed by atoms with Crippen LogP contribution in [-0.4, -0.2) is 18.7 Å². The summed E-state index contributed by atoms with van der Waals surface area (Å²) >= 11 is 3.39. The van der Waals surface area contributed by atoms with Gasteiger partial charge >= 0.3 is 5.97 Å². The molecule has 0 saturated heterocycles. The molecule has 0 fully saturated rings. The lowest BCUT2D eigenvalue weighted by Crippen LogP contribution is -2.27.